The van der Waals surface area contributed by atoms with Crippen LogP contribution in [0.25, 0.3) is 0 Å². The van der Waals surface area contributed by atoms with E-state index in [1.54, 1.807) is 4.72 Å². The van der Waals surface area contributed by atoms with Crippen LogP contribution in [0, 0.1) is 0 Å². The standard InChI is InChI=1S/C8H12N4O4S/c1-17(14,15)12-7(13)6-10-8(16-11-6)5-3-2-4-9-5/h5,9H,2-4H2,1H3,(H,12,13). The van der Waals surface area contributed by atoms with Crippen molar-refractivity contribution >= 4 is 15.9 Å². The number of nitrogens with one attached hydrogen (secondary N) is 2. The molecule has 0 radical (unpaired) electrons. The van der Waals surface area contributed by atoms with Gasteiger partial charge in [-0.3, -0.25) is 4.79 Å². The van der Waals surface area contributed by atoms with Gasteiger partial charge in [0.2, 0.25) is 15.9 Å². The zero-order valence-electron chi connectivity index (χ0n) is 9.13. The van der Waals surface area contributed by atoms with E-state index in [1.165, 1.54) is 0 Å². The molecule has 17 heavy (non-hydrogen) atoms. The summed E-state index contributed by atoms with van der Waals surface area (Å²) in [6.07, 6.45) is 2.73. The van der Waals surface area contributed by atoms with Gasteiger partial charge in [-0.15, -0.1) is 0 Å². The average molecular weight is 260 g/mol. The molecule has 1 amide bonds. The lowest BCUT2D eigenvalue weighted by Gasteiger charge is -2.01. The van der Waals surface area contributed by atoms with Crippen molar-refractivity contribution in [1.29, 1.82) is 0 Å². The van der Waals surface area contributed by atoms with Crippen molar-refractivity contribution in [3.05, 3.63) is 11.7 Å². The van der Waals surface area contributed by atoms with Crippen LogP contribution in [-0.2, 0) is 10.0 Å². The number of rotatable bonds is 3. The Hall–Kier alpha value is -1.48. The Balaban J connectivity index is 2.10. The van der Waals surface area contributed by atoms with Gasteiger partial charge in [0.05, 0.1) is 12.3 Å². The van der Waals surface area contributed by atoms with Crippen molar-refractivity contribution in [2.24, 2.45) is 0 Å². The Morgan fingerprint density at radius 3 is 2.94 bits per heavy atom. The van der Waals surface area contributed by atoms with Crippen LogP contribution in [0.15, 0.2) is 4.52 Å². The fraction of sp³-hybridized carbons (Fsp3) is 0.625. The lowest BCUT2D eigenvalue weighted by Crippen LogP contribution is -2.30. The smallest absolute Gasteiger partial charge is 0.306 e. The maximum absolute atomic E-state index is 11.4. The molecule has 1 fully saturated rings. The van der Waals surface area contributed by atoms with Gasteiger partial charge in [0.25, 0.3) is 5.82 Å². The molecule has 1 aliphatic heterocycles. The van der Waals surface area contributed by atoms with Crippen LogP contribution in [0.4, 0.5) is 0 Å². The molecular formula is C8H12N4O4S. The minimum absolute atomic E-state index is 0.0534. The predicted octanol–water partition coefficient (Wildman–Crippen LogP) is -0.817. The zero-order chi connectivity index (χ0) is 12.5. The number of hydrogen-bond donors (Lipinski definition) is 2. The predicted molar refractivity (Wildman–Crippen MR) is 56.6 cm³/mol. The van der Waals surface area contributed by atoms with Gasteiger partial charge in [-0.25, -0.2) is 13.1 Å². The SMILES string of the molecule is CS(=O)(=O)NC(=O)c1noc(C2CCCN2)n1. The molecule has 9 heteroatoms. The number of nitrogens with zero attached hydrogens (tertiary/aromatic N) is 2. The Kier molecular flexibility index (Phi) is 3.11. The fourth-order valence-corrected chi connectivity index (χ4v) is 2.01. The Morgan fingerprint density at radius 1 is 1.59 bits per heavy atom. The van der Waals surface area contributed by atoms with Gasteiger partial charge in [-0.05, 0) is 19.4 Å². The van der Waals surface area contributed by atoms with E-state index in [-0.39, 0.29) is 11.9 Å². The Bertz CT molecular complexity index is 517. The first-order valence-electron chi connectivity index (χ1n) is 5.05. The van der Waals surface area contributed by atoms with Gasteiger partial charge in [0.15, 0.2) is 0 Å². The van der Waals surface area contributed by atoms with E-state index in [4.69, 9.17) is 4.52 Å². The average Bonchev–Trinajstić information content (AvgIpc) is 2.86. The maximum atomic E-state index is 11.4. The summed E-state index contributed by atoms with van der Waals surface area (Å²) in [5, 5.41) is 6.57. The van der Waals surface area contributed by atoms with Crippen LogP contribution >= 0.6 is 0 Å². The van der Waals surface area contributed by atoms with E-state index in [2.05, 4.69) is 15.5 Å². The molecule has 2 N–H and O–H groups in total. The maximum Gasteiger partial charge on any atom is 0.306 e. The van der Waals surface area contributed by atoms with Crippen molar-refractivity contribution in [2.75, 3.05) is 12.8 Å². The van der Waals surface area contributed by atoms with Crippen LogP contribution in [0.3, 0.4) is 0 Å². The third-order valence-corrected chi connectivity index (χ3v) is 2.84. The normalized spacial score (nSPS) is 20.4. The van der Waals surface area contributed by atoms with Crippen molar-refractivity contribution in [2.45, 2.75) is 18.9 Å². The van der Waals surface area contributed by atoms with E-state index in [0.717, 1.165) is 25.6 Å². The lowest BCUT2D eigenvalue weighted by atomic mass is 10.2. The minimum Gasteiger partial charge on any atom is -0.337 e. The van der Waals surface area contributed by atoms with E-state index in [9.17, 15) is 13.2 Å². The molecule has 0 saturated carbocycles. The second-order valence-electron chi connectivity index (χ2n) is 3.81. The molecule has 1 aromatic rings. The van der Waals surface area contributed by atoms with E-state index >= 15 is 0 Å². The summed E-state index contributed by atoms with van der Waals surface area (Å²) in [6, 6.07) is -0.0534. The largest absolute Gasteiger partial charge is 0.337 e. The van der Waals surface area contributed by atoms with Crippen molar-refractivity contribution in [1.82, 2.24) is 20.2 Å². The lowest BCUT2D eigenvalue weighted by molar-refractivity contribution is 0.0968. The molecule has 0 spiro atoms. The van der Waals surface area contributed by atoms with Crippen LogP contribution in [-0.4, -0.2) is 37.3 Å². The first-order valence-corrected chi connectivity index (χ1v) is 6.94. The molecule has 1 aromatic heterocycles. The van der Waals surface area contributed by atoms with Crippen LogP contribution < -0.4 is 10.0 Å². The highest BCUT2D eigenvalue weighted by Gasteiger charge is 2.25. The van der Waals surface area contributed by atoms with Gasteiger partial charge < -0.3 is 9.84 Å². The molecule has 1 aliphatic rings. The number of carbonyl (C=O) groups is 1. The zero-order valence-corrected chi connectivity index (χ0v) is 9.95. The van der Waals surface area contributed by atoms with E-state index < -0.39 is 15.9 Å². The summed E-state index contributed by atoms with van der Waals surface area (Å²) < 4.78 is 28.4. The van der Waals surface area contributed by atoms with Crippen LogP contribution in [0.2, 0.25) is 0 Å². The first-order chi connectivity index (χ1) is 7.96. The highest BCUT2D eigenvalue weighted by molar-refractivity contribution is 7.89. The van der Waals surface area contributed by atoms with Gasteiger partial charge in [-0.2, -0.15) is 4.98 Å². The monoisotopic (exact) mass is 260 g/mol. The Labute approximate surface area is 97.8 Å². The van der Waals surface area contributed by atoms with Crippen molar-refractivity contribution in [3.63, 3.8) is 0 Å². The number of carbonyl (C=O) groups excluding carboxylic acids is 1. The van der Waals surface area contributed by atoms with Gasteiger partial charge in [0.1, 0.15) is 0 Å². The summed E-state index contributed by atoms with van der Waals surface area (Å²) in [4.78, 5) is 15.3. The van der Waals surface area contributed by atoms with Crippen molar-refractivity contribution < 1.29 is 17.7 Å². The molecule has 2 heterocycles. The number of amides is 1. The molecule has 0 bridgehead atoms. The second kappa shape index (κ2) is 4.41. The third-order valence-electron chi connectivity index (χ3n) is 2.28. The van der Waals surface area contributed by atoms with Crippen LogP contribution in [0.5, 0.6) is 0 Å². The van der Waals surface area contributed by atoms with E-state index in [1.807, 2.05) is 0 Å². The summed E-state index contributed by atoms with van der Waals surface area (Å²) in [7, 11) is -3.62. The van der Waals surface area contributed by atoms with Gasteiger partial charge in [-0.1, -0.05) is 5.16 Å². The second-order valence-corrected chi connectivity index (χ2v) is 5.56. The van der Waals surface area contributed by atoms with Crippen LogP contribution in [0.1, 0.15) is 35.4 Å². The molecule has 2 rings (SSSR count). The molecule has 94 valence electrons. The molecule has 1 saturated heterocycles. The molecule has 8 nitrogen and oxygen atoms in total. The quantitative estimate of drug-likeness (QED) is 0.730. The molecule has 0 aliphatic carbocycles. The van der Waals surface area contributed by atoms with Gasteiger partial charge in [0, 0.05) is 0 Å². The minimum atomic E-state index is -3.62. The molecule has 1 unspecified atom stereocenters. The first kappa shape index (κ1) is 12.0. The van der Waals surface area contributed by atoms with Crippen molar-refractivity contribution in [3.8, 4) is 0 Å². The van der Waals surface area contributed by atoms with Gasteiger partial charge >= 0.3 is 5.91 Å². The third kappa shape index (κ3) is 3.01. The molecule has 0 aromatic carbocycles. The number of aromatic nitrogens is 2. The summed E-state index contributed by atoms with van der Waals surface area (Å²) in [5.74, 6) is -0.860. The number of hydrogen-bond acceptors (Lipinski definition) is 7. The summed E-state index contributed by atoms with van der Waals surface area (Å²) >= 11 is 0. The highest BCUT2D eigenvalue weighted by atomic mass is 32.2. The molecular weight excluding hydrogens is 248 g/mol. The van der Waals surface area contributed by atoms with E-state index in [0.29, 0.717) is 5.89 Å². The fourth-order valence-electron chi connectivity index (χ4n) is 1.58. The number of sulfonamides is 1. The topological polar surface area (TPSA) is 114 Å². The highest BCUT2D eigenvalue weighted by Crippen LogP contribution is 2.20. The molecule has 1 atom stereocenters. The Morgan fingerprint density at radius 2 is 2.35 bits per heavy atom. The summed E-state index contributed by atoms with van der Waals surface area (Å²) in [5.41, 5.74) is 0. The summed E-state index contributed by atoms with van der Waals surface area (Å²) in [6.45, 7) is 0.859.